The molecule has 0 bridgehead atoms. The van der Waals surface area contributed by atoms with Crippen molar-refractivity contribution in [3.63, 3.8) is 0 Å². The van der Waals surface area contributed by atoms with Gasteiger partial charge in [-0.2, -0.15) is 0 Å². The minimum absolute atomic E-state index is 0. The molecule has 18 aromatic carbocycles. The third-order valence-electron chi connectivity index (χ3n) is 28.5. The van der Waals surface area contributed by atoms with Gasteiger partial charge in [-0.3, -0.25) is 0 Å². The van der Waals surface area contributed by atoms with Crippen LogP contribution in [-0.4, -0.2) is 38.3 Å². The summed E-state index contributed by atoms with van der Waals surface area (Å²) < 4.78 is 20.0. The minimum Gasteiger partial charge on any atom is -0.399 e. The van der Waals surface area contributed by atoms with E-state index in [-0.39, 0.29) is 8.85 Å². The van der Waals surface area contributed by atoms with Crippen LogP contribution in [0.1, 0.15) is 81.1 Å². The molecule has 6 nitrogen and oxygen atoms in total. The standard InChI is InChI=1S/C59H36N2S.C43H33BO2S.C22H15BrN2.CH4.H2/c1-3-15-38(16-4-1)54-36-55(61-58(60-54)40-17-5-2-6-18-40)39-29-27-37(28-30-39)47-35-53-48(34-46(47)41-31-32-57-49(33-41)45-22-10-14-26-56(45)62-57)44-21-9-13-25-52(44)59(53)50-23-11-7-19-42(50)43-20-8-12-24-51(43)59;1-41(2)42(3,4)46-44(45-41)38-25-37-32(24-31(38)26-21-22-40-33(23-26)30-16-8-12-20-39(30)47-40)29-15-7-11-19-36(29)43(37)34-17-9-5-13-27(34)28-14-6-10-18-35(28)43;23-19-13-11-17(12-14-19)21-15-20(16-7-3-1-4-8-16)24-22(25-21)18-9-5-2-6-10-18;;/h1-36H;5-25H,1-4H3;1-15H;1H4;1H/i;;;;1+1. The summed E-state index contributed by atoms with van der Waals surface area (Å²) in [5.74, 6) is 1.45. The molecule has 27 rings (SSSR count). The van der Waals surface area contributed by atoms with Crippen LogP contribution in [-0.2, 0) is 20.1 Å². The molecule has 0 atom stereocenters. The number of nitrogens with zero attached hydrogens (tertiary/aromatic N) is 4. The van der Waals surface area contributed by atoms with Crippen molar-refractivity contribution < 1.29 is 10.7 Å². The first-order valence-electron chi connectivity index (χ1n) is 45.8. The van der Waals surface area contributed by atoms with Gasteiger partial charge in [0.25, 0.3) is 0 Å². The van der Waals surface area contributed by atoms with E-state index in [4.69, 9.17) is 29.2 Å². The van der Waals surface area contributed by atoms with E-state index in [0.717, 1.165) is 83.0 Å². The third-order valence-corrected chi connectivity index (χ3v) is 31.3. The van der Waals surface area contributed by atoms with Gasteiger partial charge in [0.2, 0.25) is 0 Å². The average molecular weight is 1840 g/mol. The van der Waals surface area contributed by atoms with E-state index in [1.807, 2.05) is 114 Å². The Balaban J connectivity index is 0.000000124. The largest absolute Gasteiger partial charge is 0.495 e. The summed E-state index contributed by atoms with van der Waals surface area (Å²) in [4.78, 5) is 19.8. The predicted molar refractivity (Wildman–Crippen MR) is 570 cm³/mol. The fourth-order valence-electron chi connectivity index (χ4n) is 21.6. The lowest BCUT2D eigenvalue weighted by Crippen LogP contribution is -2.41. The molecule has 1 saturated heterocycles. The SMILES string of the molecule is Brc1ccc(-c2cc(-c3ccccc3)nc(-c3ccccc3)n2)cc1.C.CC1(C)OB(c2cc3c(cc2-c2ccc4sc5ccccc5c4c2)-c2ccccc2C32c3ccccc3-c3ccccc32)OC1(C)C.[2HH].c1ccc(-c2cc(-c3ccc(-c4cc5c(cc4-c4ccc6sc7ccccc7c6c4)-c4ccccc4C54c5ccccc5-c5ccccc54)cc3)nc(-c3ccccc3)n2)cc1. The quantitative estimate of drug-likeness (QED) is 0.127. The van der Waals surface area contributed by atoms with Gasteiger partial charge in [0.05, 0.1) is 44.8 Å². The third kappa shape index (κ3) is 13.6. The summed E-state index contributed by atoms with van der Waals surface area (Å²) in [6.07, 6.45) is 0. The van der Waals surface area contributed by atoms with Crippen molar-refractivity contribution in [2.45, 2.75) is 57.2 Å². The summed E-state index contributed by atoms with van der Waals surface area (Å²) in [7, 11) is -0.511. The molecule has 1 aliphatic heterocycles. The molecular formula is C125H90BBrN4O2S2. The first-order chi connectivity index (χ1) is 65.8. The molecule has 4 aromatic heterocycles. The Morgan fingerprint density at radius 2 is 0.511 bits per heavy atom. The number of benzene rings is 18. The van der Waals surface area contributed by atoms with Crippen LogP contribution < -0.4 is 5.46 Å². The normalized spacial score (nSPS) is 14.1. The summed E-state index contributed by atoms with van der Waals surface area (Å²) in [6, 6.07) is 158. The van der Waals surface area contributed by atoms with Crippen LogP contribution in [0.3, 0.4) is 0 Å². The van der Waals surface area contributed by atoms with Crippen LogP contribution in [0.5, 0.6) is 0 Å². The van der Waals surface area contributed by atoms with E-state index in [1.165, 1.54) is 152 Å². The maximum atomic E-state index is 6.86. The van der Waals surface area contributed by atoms with Crippen molar-refractivity contribution in [3.05, 3.63) is 486 Å². The zero-order chi connectivity index (χ0) is 89.5. The Hall–Kier alpha value is -15.0. The molecule has 644 valence electrons. The number of aromatic nitrogens is 4. The molecule has 22 aromatic rings. The molecule has 0 unspecified atom stereocenters. The van der Waals surface area contributed by atoms with Gasteiger partial charge in [-0.05, 0) is 234 Å². The molecule has 0 amide bonds. The summed E-state index contributed by atoms with van der Waals surface area (Å²) >= 11 is 7.21. The molecule has 135 heavy (non-hydrogen) atoms. The Kier molecular flexibility index (Phi) is 20.3. The second-order valence-electron chi connectivity index (χ2n) is 36.4. The molecule has 2 spiro atoms. The topological polar surface area (TPSA) is 70.0 Å². The summed E-state index contributed by atoms with van der Waals surface area (Å²) in [5.41, 5.74) is 37.4. The van der Waals surface area contributed by atoms with E-state index < -0.39 is 29.2 Å². The summed E-state index contributed by atoms with van der Waals surface area (Å²) in [5, 5.41) is 5.20. The predicted octanol–water partition coefficient (Wildman–Crippen LogP) is 33.0. The average Bonchev–Trinajstić information content (AvgIpc) is 1.50. The minimum atomic E-state index is -0.511. The zero-order valence-electron chi connectivity index (χ0n) is 73.9. The second kappa shape index (κ2) is 33.0. The van der Waals surface area contributed by atoms with Crippen LogP contribution in [0, 0.1) is 0 Å². The highest BCUT2D eigenvalue weighted by molar-refractivity contribution is 9.10. The fraction of sp³-hybridized carbons (Fsp3) is 0.0720. The zero-order valence-corrected chi connectivity index (χ0v) is 77.2. The maximum absolute atomic E-state index is 6.86. The molecule has 1 fully saturated rings. The molecule has 4 aliphatic carbocycles. The Morgan fingerprint density at radius 3 is 0.904 bits per heavy atom. The van der Waals surface area contributed by atoms with E-state index in [0.29, 0.717) is 5.82 Å². The molecule has 5 aliphatic rings. The van der Waals surface area contributed by atoms with Gasteiger partial charge in [-0.25, -0.2) is 19.9 Å². The van der Waals surface area contributed by atoms with Crippen LogP contribution in [0.2, 0.25) is 0 Å². The molecular weight excluding hydrogens is 1740 g/mol. The second-order valence-corrected chi connectivity index (χ2v) is 39.5. The molecule has 10 heteroatoms. The van der Waals surface area contributed by atoms with Crippen LogP contribution in [0.15, 0.2) is 441 Å². The van der Waals surface area contributed by atoms with E-state index in [9.17, 15) is 0 Å². The van der Waals surface area contributed by atoms with E-state index in [2.05, 4.69) is 389 Å². The number of hydrogen-bond donors (Lipinski definition) is 0. The Labute approximate surface area is 804 Å². The van der Waals surface area contributed by atoms with E-state index >= 15 is 0 Å². The lowest BCUT2D eigenvalue weighted by molar-refractivity contribution is 0.00578. The van der Waals surface area contributed by atoms with Crippen molar-refractivity contribution in [3.8, 4) is 146 Å². The van der Waals surface area contributed by atoms with Gasteiger partial charge in [0.15, 0.2) is 11.6 Å². The van der Waals surface area contributed by atoms with Gasteiger partial charge < -0.3 is 9.31 Å². The van der Waals surface area contributed by atoms with Crippen LogP contribution >= 0.6 is 38.6 Å². The molecule has 0 N–H and O–H groups in total. The van der Waals surface area contributed by atoms with Gasteiger partial charge in [0, 0.05) is 79.6 Å². The van der Waals surface area contributed by atoms with Crippen LogP contribution in [0.4, 0.5) is 0 Å². The van der Waals surface area contributed by atoms with Gasteiger partial charge in [-0.1, -0.05) is 381 Å². The first-order valence-corrected chi connectivity index (χ1v) is 48.2. The summed E-state index contributed by atoms with van der Waals surface area (Å²) in [6.45, 7) is 8.57. The smallest absolute Gasteiger partial charge is 0.399 e. The highest BCUT2D eigenvalue weighted by Crippen LogP contribution is 2.66. The number of thiophene rings is 2. The van der Waals surface area contributed by atoms with Crippen molar-refractivity contribution in [1.82, 2.24) is 19.9 Å². The fourth-order valence-corrected chi connectivity index (χ4v) is 24.0. The van der Waals surface area contributed by atoms with Crippen molar-refractivity contribution in [2.24, 2.45) is 0 Å². The number of fused-ring (bicyclic) bond motifs is 26. The molecule has 0 saturated carbocycles. The number of halogens is 1. The van der Waals surface area contributed by atoms with Crippen molar-refractivity contribution in [2.75, 3.05) is 0 Å². The van der Waals surface area contributed by atoms with Gasteiger partial charge in [0.1, 0.15) is 0 Å². The Morgan fingerprint density at radius 1 is 0.230 bits per heavy atom. The van der Waals surface area contributed by atoms with Crippen molar-refractivity contribution >= 4 is 91.5 Å². The lowest BCUT2D eigenvalue weighted by atomic mass is 9.67. The lowest BCUT2D eigenvalue weighted by Gasteiger charge is -2.32. The number of rotatable bonds is 10. The van der Waals surface area contributed by atoms with Crippen molar-refractivity contribution in [1.29, 1.82) is 0 Å². The van der Waals surface area contributed by atoms with E-state index in [1.54, 1.807) is 0 Å². The first kappa shape index (κ1) is 83.1. The molecule has 5 heterocycles. The molecule has 0 radical (unpaired) electrons. The monoisotopic (exact) mass is 1830 g/mol. The highest BCUT2D eigenvalue weighted by atomic mass is 79.9. The Bertz CT molecular complexity index is 8250. The number of hydrogen-bond acceptors (Lipinski definition) is 8. The maximum Gasteiger partial charge on any atom is 0.495 e. The van der Waals surface area contributed by atoms with Crippen LogP contribution in [0.25, 0.3) is 186 Å². The van der Waals surface area contributed by atoms with Gasteiger partial charge >= 0.3 is 7.12 Å². The van der Waals surface area contributed by atoms with Gasteiger partial charge in [-0.15, -0.1) is 22.7 Å². The highest BCUT2D eigenvalue weighted by Gasteiger charge is 2.57.